The van der Waals surface area contributed by atoms with Crippen molar-refractivity contribution in [3.8, 4) is 11.5 Å². The third-order valence-electron chi connectivity index (χ3n) is 4.80. The summed E-state index contributed by atoms with van der Waals surface area (Å²) in [4.78, 5) is 2.38. The summed E-state index contributed by atoms with van der Waals surface area (Å²) in [6.07, 6.45) is 2.45. The quantitative estimate of drug-likeness (QED) is 0.814. The molecular formula is C20H26N2O4S. The number of methoxy groups -OCH3 is 2. The van der Waals surface area contributed by atoms with Crippen LogP contribution < -0.4 is 19.1 Å². The molecule has 1 aliphatic heterocycles. The highest BCUT2D eigenvalue weighted by Gasteiger charge is 2.21. The molecule has 0 aliphatic carbocycles. The number of nitrogens with zero attached hydrogens (tertiary/aromatic N) is 1. The summed E-state index contributed by atoms with van der Waals surface area (Å²) < 4.78 is 38.6. The van der Waals surface area contributed by atoms with Crippen LogP contribution in [-0.4, -0.2) is 35.7 Å². The van der Waals surface area contributed by atoms with Crippen LogP contribution >= 0.6 is 0 Å². The minimum Gasteiger partial charge on any atom is -0.497 e. The summed E-state index contributed by atoms with van der Waals surface area (Å²) in [5.74, 6) is 1.39. The Balaban J connectivity index is 1.80. The lowest BCUT2D eigenvalue weighted by atomic mass is 10.00. The molecule has 2 aromatic carbocycles. The van der Waals surface area contributed by atoms with Crippen LogP contribution in [0.1, 0.15) is 19.8 Å². The number of sulfonamides is 1. The summed E-state index contributed by atoms with van der Waals surface area (Å²) in [6, 6.07) is 12.2. The highest BCUT2D eigenvalue weighted by atomic mass is 32.2. The molecule has 0 bridgehead atoms. The van der Waals surface area contributed by atoms with Crippen LogP contribution in [0.25, 0.3) is 0 Å². The lowest BCUT2D eigenvalue weighted by Crippen LogP contribution is -2.34. The average Bonchev–Trinajstić information content (AvgIpc) is 2.67. The van der Waals surface area contributed by atoms with Crippen molar-refractivity contribution in [2.45, 2.75) is 24.7 Å². The SMILES string of the molecule is COc1ccc(OC)c(S(=O)(=O)Nc2ccc(N3CCCC(C)C3)cc2)c1. The van der Waals surface area contributed by atoms with Crippen LogP contribution in [-0.2, 0) is 10.0 Å². The van der Waals surface area contributed by atoms with Gasteiger partial charge in [0, 0.05) is 30.5 Å². The van der Waals surface area contributed by atoms with Crippen molar-refractivity contribution in [1.29, 1.82) is 0 Å². The Bertz CT molecular complexity index is 881. The van der Waals surface area contributed by atoms with Gasteiger partial charge in [-0.15, -0.1) is 0 Å². The molecular weight excluding hydrogens is 364 g/mol. The Morgan fingerprint density at radius 1 is 1.07 bits per heavy atom. The maximum Gasteiger partial charge on any atom is 0.265 e. The van der Waals surface area contributed by atoms with Gasteiger partial charge >= 0.3 is 0 Å². The van der Waals surface area contributed by atoms with Gasteiger partial charge in [0.25, 0.3) is 10.0 Å². The van der Waals surface area contributed by atoms with Crippen LogP contribution in [0, 0.1) is 5.92 Å². The van der Waals surface area contributed by atoms with E-state index in [1.807, 2.05) is 12.1 Å². The molecule has 1 saturated heterocycles. The van der Waals surface area contributed by atoms with Gasteiger partial charge in [0.1, 0.15) is 16.4 Å². The number of nitrogens with one attached hydrogen (secondary N) is 1. The summed E-state index contributed by atoms with van der Waals surface area (Å²) in [5, 5.41) is 0. The number of piperidine rings is 1. The number of anilines is 2. The number of benzene rings is 2. The highest BCUT2D eigenvalue weighted by molar-refractivity contribution is 7.92. The predicted octanol–water partition coefficient (Wildman–Crippen LogP) is 3.74. The van der Waals surface area contributed by atoms with E-state index in [1.165, 1.54) is 33.1 Å². The minimum atomic E-state index is -3.80. The van der Waals surface area contributed by atoms with Gasteiger partial charge in [-0.05, 0) is 55.2 Å². The molecule has 0 spiro atoms. The van der Waals surface area contributed by atoms with Gasteiger partial charge in [0.15, 0.2) is 0 Å². The van der Waals surface area contributed by atoms with Crippen LogP contribution in [0.5, 0.6) is 11.5 Å². The summed E-state index contributed by atoms with van der Waals surface area (Å²) in [5.41, 5.74) is 1.62. The first kappa shape index (κ1) is 19.4. The molecule has 7 heteroatoms. The number of ether oxygens (including phenoxy) is 2. The third kappa shape index (κ3) is 4.47. The van der Waals surface area contributed by atoms with Crippen molar-refractivity contribution in [1.82, 2.24) is 0 Å². The number of hydrogen-bond donors (Lipinski definition) is 1. The lowest BCUT2D eigenvalue weighted by molar-refractivity contribution is 0.392. The van der Waals surface area contributed by atoms with Gasteiger partial charge < -0.3 is 14.4 Å². The van der Waals surface area contributed by atoms with Crippen molar-refractivity contribution >= 4 is 21.4 Å². The Morgan fingerprint density at radius 2 is 1.81 bits per heavy atom. The molecule has 1 aliphatic rings. The van der Waals surface area contributed by atoms with E-state index in [1.54, 1.807) is 24.3 Å². The molecule has 2 aromatic rings. The Labute approximate surface area is 161 Å². The molecule has 1 unspecified atom stereocenters. The van der Waals surface area contributed by atoms with Crippen LogP contribution in [0.2, 0.25) is 0 Å². The van der Waals surface area contributed by atoms with Crippen molar-refractivity contribution in [3.63, 3.8) is 0 Å². The van der Waals surface area contributed by atoms with Gasteiger partial charge in [-0.1, -0.05) is 6.92 Å². The molecule has 1 N–H and O–H groups in total. The van der Waals surface area contributed by atoms with Gasteiger partial charge in [-0.2, -0.15) is 0 Å². The molecule has 27 heavy (non-hydrogen) atoms. The first-order valence-electron chi connectivity index (χ1n) is 9.03. The number of hydrogen-bond acceptors (Lipinski definition) is 5. The van der Waals surface area contributed by atoms with Gasteiger partial charge in [-0.25, -0.2) is 8.42 Å². The van der Waals surface area contributed by atoms with Gasteiger partial charge in [0.2, 0.25) is 0 Å². The molecule has 0 aromatic heterocycles. The second-order valence-corrected chi connectivity index (χ2v) is 8.51. The first-order chi connectivity index (χ1) is 12.9. The normalized spacial score (nSPS) is 17.4. The Kier molecular flexibility index (Phi) is 5.79. The topological polar surface area (TPSA) is 67.9 Å². The van der Waals surface area contributed by atoms with Gasteiger partial charge in [-0.3, -0.25) is 4.72 Å². The standard InChI is InChI=1S/C20H26N2O4S/c1-15-5-4-12-22(14-15)17-8-6-16(7-9-17)21-27(23,24)20-13-18(25-2)10-11-19(20)26-3/h6-11,13,15,21H,4-5,12,14H2,1-3H3. The van der Waals surface area contributed by atoms with Crippen molar-refractivity contribution < 1.29 is 17.9 Å². The maximum atomic E-state index is 12.8. The molecule has 6 nitrogen and oxygen atoms in total. The summed E-state index contributed by atoms with van der Waals surface area (Å²) in [7, 11) is -0.872. The Hall–Kier alpha value is -2.41. The molecule has 1 atom stereocenters. The van der Waals surface area contributed by atoms with E-state index in [-0.39, 0.29) is 10.6 Å². The summed E-state index contributed by atoms with van der Waals surface area (Å²) in [6.45, 7) is 4.33. The fraction of sp³-hybridized carbons (Fsp3) is 0.400. The van der Waals surface area contributed by atoms with E-state index in [0.717, 1.165) is 18.8 Å². The fourth-order valence-corrected chi connectivity index (χ4v) is 4.61. The monoisotopic (exact) mass is 390 g/mol. The van der Waals surface area contributed by atoms with Crippen LogP contribution in [0.4, 0.5) is 11.4 Å². The van der Waals surface area contributed by atoms with Gasteiger partial charge in [0.05, 0.1) is 14.2 Å². The molecule has 1 heterocycles. The predicted molar refractivity (Wildman–Crippen MR) is 107 cm³/mol. The van der Waals surface area contributed by atoms with E-state index in [2.05, 4.69) is 16.5 Å². The van der Waals surface area contributed by atoms with Crippen molar-refractivity contribution in [3.05, 3.63) is 42.5 Å². The zero-order valence-corrected chi connectivity index (χ0v) is 16.8. The maximum absolute atomic E-state index is 12.8. The largest absolute Gasteiger partial charge is 0.497 e. The lowest BCUT2D eigenvalue weighted by Gasteiger charge is -2.32. The zero-order chi connectivity index (χ0) is 19.4. The molecule has 3 rings (SSSR count). The fourth-order valence-electron chi connectivity index (χ4n) is 3.37. The minimum absolute atomic E-state index is 0.0401. The van der Waals surface area contributed by atoms with Crippen molar-refractivity contribution in [2.24, 2.45) is 5.92 Å². The Morgan fingerprint density at radius 3 is 2.44 bits per heavy atom. The second kappa shape index (κ2) is 8.08. The molecule has 146 valence electrons. The van der Waals surface area contributed by atoms with E-state index in [0.29, 0.717) is 17.4 Å². The van der Waals surface area contributed by atoms with E-state index in [9.17, 15) is 8.42 Å². The van der Waals surface area contributed by atoms with E-state index in [4.69, 9.17) is 9.47 Å². The molecule has 0 radical (unpaired) electrons. The first-order valence-corrected chi connectivity index (χ1v) is 10.5. The van der Waals surface area contributed by atoms with E-state index < -0.39 is 10.0 Å². The summed E-state index contributed by atoms with van der Waals surface area (Å²) >= 11 is 0. The molecule has 1 fully saturated rings. The highest BCUT2D eigenvalue weighted by Crippen LogP contribution is 2.30. The van der Waals surface area contributed by atoms with E-state index >= 15 is 0 Å². The smallest absolute Gasteiger partial charge is 0.265 e. The molecule has 0 amide bonds. The average molecular weight is 391 g/mol. The van der Waals surface area contributed by atoms with Crippen LogP contribution in [0.15, 0.2) is 47.4 Å². The third-order valence-corrected chi connectivity index (χ3v) is 6.20. The molecule has 0 saturated carbocycles. The van der Waals surface area contributed by atoms with Crippen LogP contribution in [0.3, 0.4) is 0 Å². The number of rotatable bonds is 6. The second-order valence-electron chi connectivity index (χ2n) is 6.86. The van der Waals surface area contributed by atoms with Crippen molar-refractivity contribution in [2.75, 3.05) is 36.9 Å². The zero-order valence-electron chi connectivity index (χ0n) is 15.9.